The van der Waals surface area contributed by atoms with Crippen molar-refractivity contribution >= 4 is 0 Å². The first kappa shape index (κ1) is 15.1. The van der Waals surface area contributed by atoms with Crippen LogP contribution in [0.3, 0.4) is 0 Å². The molecule has 1 aromatic rings. The van der Waals surface area contributed by atoms with Gasteiger partial charge in [0.15, 0.2) is 0 Å². The van der Waals surface area contributed by atoms with Gasteiger partial charge in [-0.05, 0) is 23.5 Å². The SMILES string of the molecule is CC(C)C(Oc1cccc(C#N)c1C#N)C(C)(C)C. The molecule has 0 aromatic heterocycles. The summed E-state index contributed by atoms with van der Waals surface area (Å²) in [6.07, 6.45) is -0.0199. The highest BCUT2D eigenvalue weighted by Crippen LogP contribution is 2.32. The van der Waals surface area contributed by atoms with Gasteiger partial charge in [0.2, 0.25) is 0 Å². The highest BCUT2D eigenvalue weighted by Gasteiger charge is 2.30. The third kappa shape index (κ3) is 3.48. The molecule has 0 N–H and O–H groups in total. The van der Waals surface area contributed by atoms with E-state index in [1.54, 1.807) is 18.2 Å². The van der Waals surface area contributed by atoms with Gasteiger partial charge >= 0.3 is 0 Å². The molecule has 1 aromatic carbocycles. The van der Waals surface area contributed by atoms with Crippen LogP contribution in [0.5, 0.6) is 5.75 Å². The minimum Gasteiger partial charge on any atom is -0.488 e. The first-order valence-electron chi connectivity index (χ1n) is 6.41. The summed E-state index contributed by atoms with van der Waals surface area (Å²) in [5, 5.41) is 18.2. The van der Waals surface area contributed by atoms with Gasteiger partial charge < -0.3 is 4.74 Å². The topological polar surface area (TPSA) is 56.8 Å². The highest BCUT2D eigenvalue weighted by molar-refractivity contribution is 5.53. The fraction of sp³-hybridized carbons (Fsp3) is 0.500. The van der Waals surface area contributed by atoms with Crippen LogP contribution in [0.1, 0.15) is 45.7 Å². The Hall–Kier alpha value is -2.00. The summed E-state index contributed by atoms with van der Waals surface area (Å²) in [5.41, 5.74) is 0.639. The van der Waals surface area contributed by atoms with Crippen molar-refractivity contribution in [3.05, 3.63) is 29.3 Å². The number of hydrogen-bond donors (Lipinski definition) is 0. The van der Waals surface area contributed by atoms with Gasteiger partial charge in [0, 0.05) is 0 Å². The van der Waals surface area contributed by atoms with Gasteiger partial charge in [0.05, 0.1) is 5.56 Å². The van der Waals surface area contributed by atoms with Crippen molar-refractivity contribution in [1.82, 2.24) is 0 Å². The van der Waals surface area contributed by atoms with Gasteiger partial charge in [0.25, 0.3) is 0 Å². The Morgan fingerprint density at radius 1 is 1.11 bits per heavy atom. The molecule has 19 heavy (non-hydrogen) atoms. The number of ether oxygens (including phenoxy) is 1. The van der Waals surface area contributed by atoms with Gasteiger partial charge in [-0.25, -0.2) is 0 Å². The summed E-state index contributed by atoms with van der Waals surface area (Å²) < 4.78 is 6.03. The molecule has 100 valence electrons. The van der Waals surface area contributed by atoms with Crippen molar-refractivity contribution in [1.29, 1.82) is 10.5 Å². The van der Waals surface area contributed by atoms with Crippen LogP contribution in [0.2, 0.25) is 0 Å². The smallest absolute Gasteiger partial charge is 0.138 e. The van der Waals surface area contributed by atoms with E-state index in [-0.39, 0.29) is 11.5 Å². The Kier molecular flexibility index (Phi) is 4.57. The lowest BCUT2D eigenvalue weighted by Gasteiger charge is -2.34. The third-order valence-corrected chi connectivity index (χ3v) is 2.97. The van der Waals surface area contributed by atoms with Crippen LogP contribution in [-0.2, 0) is 0 Å². The van der Waals surface area contributed by atoms with Crippen molar-refractivity contribution in [3.8, 4) is 17.9 Å². The molecule has 0 saturated carbocycles. The van der Waals surface area contributed by atoms with Crippen LogP contribution < -0.4 is 4.74 Å². The molecule has 0 saturated heterocycles. The molecule has 1 unspecified atom stereocenters. The number of rotatable bonds is 3. The molecular weight excluding hydrogens is 236 g/mol. The molecule has 3 nitrogen and oxygen atoms in total. The molecule has 0 aliphatic rings. The third-order valence-electron chi connectivity index (χ3n) is 2.97. The van der Waals surface area contributed by atoms with Crippen molar-refractivity contribution in [2.75, 3.05) is 0 Å². The van der Waals surface area contributed by atoms with Crippen LogP contribution in [-0.4, -0.2) is 6.10 Å². The summed E-state index contributed by atoms with van der Waals surface area (Å²) in [4.78, 5) is 0. The molecule has 0 fully saturated rings. The molecular formula is C16H20N2O. The van der Waals surface area contributed by atoms with E-state index in [4.69, 9.17) is 10.00 Å². The normalized spacial score (nSPS) is 12.6. The minimum atomic E-state index is -0.0382. The lowest BCUT2D eigenvalue weighted by atomic mass is 9.82. The number of nitriles is 2. The van der Waals surface area contributed by atoms with Gasteiger partial charge in [-0.1, -0.05) is 40.7 Å². The molecule has 1 atom stereocenters. The molecule has 0 aliphatic heterocycles. The first-order chi connectivity index (χ1) is 8.81. The maximum absolute atomic E-state index is 9.20. The van der Waals surface area contributed by atoms with E-state index in [0.717, 1.165) is 0 Å². The fourth-order valence-electron chi connectivity index (χ4n) is 2.29. The Balaban J connectivity index is 3.19. The van der Waals surface area contributed by atoms with Gasteiger partial charge in [-0.2, -0.15) is 10.5 Å². The van der Waals surface area contributed by atoms with E-state index in [1.165, 1.54) is 0 Å². The Morgan fingerprint density at radius 3 is 2.16 bits per heavy atom. The van der Waals surface area contributed by atoms with Crippen LogP contribution in [0.25, 0.3) is 0 Å². The minimum absolute atomic E-state index is 0.0199. The van der Waals surface area contributed by atoms with Crippen molar-refractivity contribution in [3.63, 3.8) is 0 Å². The van der Waals surface area contributed by atoms with Crippen LogP contribution >= 0.6 is 0 Å². The predicted octanol–water partition coefficient (Wildman–Crippen LogP) is 3.88. The lowest BCUT2D eigenvalue weighted by molar-refractivity contribution is 0.0470. The van der Waals surface area contributed by atoms with E-state index in [2.05, 4.69) is 40.7 Å². The van der Waals surface area contributed by atoms with Gasteiger partial charge in [0.1, 0.15) is 29.6 Å². The van der Waals surface area contributed by atoms with E-state index in [0.29, 0.717) is 22.8 Å². The summed E-state index contributed by atoms with van der Waals surface area (Å²) in [5.74, 6) is 0.812. The second kappa shape index (κ2) is 5.76. The largest absolute Gasteiger partial charge is 0.488 e. The van der Waals surface area contributed by atoms with E-state index in [9.17, 15) is 5.26 Å². The van der Waals surface area contributed by atoms with E-state index >= 15 is 0 Å². The van der Waals surface area contributed by atoms with Crippen molar-refractivity contribution < 1.29 is 4.74 Å². The van der Waals surface area contributed by atoms with Crippen LogP contribution in [0, 0.1) is 34.0 Å². The first-order valence-corrected chi connectivity index (χ1v) is 6.41. The quantitative estimate of drug-likeness (QED) is 0.824. The van der Waals surface area contributed by atoms with Crippen LogP contribution in [0.4, 0.5) is 0 Å². The molecule has 0 radical (unpaired) electrons. The van der Waals surface area contributed by atoms with E-state index < -0.39 is 0 Å². The second-order valence-electron chi connectivity index (χ2n) is 6.05. The monoisotopic (exact) mass is 256 g/mol. The molecule has 1 rings (SSSR count). The molecule has 3 heteroatoms. The summed E-state index contributed by atoms with van der Waals surface area (Å²) in [7, 11) is 0. The van der Waals surface area contributed by atoms with Gasteiger partial charge in [-0.15, -0.1) is 0 Å². The molecule has 0 spiro atoms. The second-order valence-corrected chi connectivity index (χ2v) is 6.05. The fourth-order valence-corrected chi connectivity index (χ4v) is 2.29. The maximum Gasteiger partial charge on any atom is 0.138 e. The summed E-state index contributed by atoms with van der Waals surface area (Å²) in [6.45, 7) is 10.5. The average Bonchev–Trinajstić information content (AvgIpc) is 2.33. The molecule has 0 heterocycles. The lowest BCUT2D eigenvalue weighted by Crippen LogP contribution is -2.36. The zero-order chi connectivity index (χ0) is 14.6. The Morgan fingerprint density at radius 2 is 1.74 bits per heavy atom. The van der Waals surface area contributed by atoms with Crippen molar-refractivity contribution in [2.24, 2.45) is 11.3 Å². The zero-order valence-electron chi connectivity index (χ0n) is 12.2. The summed E-state index contributed by atoms with van der Waals surface area (Å²) >= 11 is 0. The van der Waals surface area contributed by atoms with E-state index in [1.807, 2.05) is 6.07 Å². The number of benzene rings is 1. The average molecular weight is 256 g/mol. The summed E-state index contributed by atoms with van der Waals surface area (Å²) in [6, 6.07) is 9.22. The molecule has 0 bridgehead atoms. The number of nitrogens with zero attached hydrogens (tertiary/aromatic N) is 2. The van der Waals surface area contributed by atoms with Crippen LogP contribution in [0.15, 0.2) is 18.2 Å². The number of hydrogen-bond acceptors (Lipinski definition) is 3. The van der Waals surface area contributed by atoms with Gasteiger partial charge in [-0.3, -0.25) is 0 Å². The van der Waals surface area contributed by atoms with Crippen molar-refractivity contribution in [2.45, 2.75) is 40.7 Å². The molecule has 0 aliphatic carbocycles. The Labute approximate surface area is 115 Å². The molecule has 0 amide bonds. The Bertz CT molecular complexity index is 527. The highest BCUT2D eigenvalue weighted by atomic mass is 16.5. The zero-order valence-corrected chi connectivity index (χ0v) is 12.2. The standard InChI is InChI=1S/C16H20N2O/c1-11(2)15(16(3,4)5)19-14-8-6-7-12(9-17)13(14)10-18/h6-8,11,15H,1-5H3. The predicted molar refractivity (Wildman–Crippen MR) is 74.6 cm³/mol. The maximum atomic E-state index is 9.20.